The maximum Gasteiger partial charge on any atom is 0.494 e. The molecule has 0 radical (unpaired) electrons. The molecular weight excluding hydrogens is 467 g/mol. The molecule has 188 valence electrons. The van der Waals surface area contributed by atoms with Crippen molar-refractivity contribution in [1.82, 2.24) is 4.98 Å². The van der Waals surface area contributed by atoms with Gasteiger partial charge < -0.3 is 9.31 Å². The van der Waals surface area contributed by atoms with Gasteiger partial charge in [-0.05, 0) is 80.0 Å². The van der Waals surface area contributed by atoms with E-state index in [1.165, 1.54) is 5.39 Å². The first-order valence-corrected chi connectivity index (χ1v) is 13.1. The van der Waals surface area contributed by atoms with Gasteiger partial charge in [-0.15, -0.1) is 0 Å². The summed E-state index contributed by atoms with van der Waals surface area (Å²) in [5, 5.41) is 2.33. The van der Waals surface area contributed by atoms with Gasteiger partial charge in [-0.2, -0.15) is 0 Å². The van der Waals surface area contributed by atoms with Crippen molar-refractivity contribution in [1.29, 1.82) is 0 Å². The highest BCUT2D eigenvalue weighted by molar-refractivity contribution is 6.62. The molecular formula is C33H31BN2O2. The maximum atomic E-state index is 6.50. The van der Waals surface area contributed by atoms with Gasteiger partial charge in [-0.1, -0.05) is 78.9 Å². The summed E-state index contributed by atoms with van der Waals surface area (Å²) in [6.45, 7) is 8.35. The van der Waals surface area contributed by atoms with E-state index in [0.717, 1.165) is 39.2 Å². The predicted molar refractivity (Wildman–Crippen MR) is 158 cm³/mol. The Morgan fingerprint density at radius 2 is 1.34 bits per heavy atom. The summed E-state index contributed by atoms with van der Waals surface area (Å²) in [5.41, 5.74) is 4.38. The molecule has 1 fully saturated rings. The van der Waals surface area contributed by atoms with E-state index in [2.05, 4.69) is 118 Å². The molecule has 0 aliphatic carbocycles. The van der Waals surface area contributed by atoms with E-state index in [1.54, 1.807) is 0 Å². The third-order valence-electron chi connectivity index (χ3n) is 7.72. The van der Waals surface area contributed by atoms with Gasteiger partial charge in [-0.3, -0.25) is 4.90 Å². The molecule has 0 N–H and O–H groups in total. The molecule has 0 amide bonds. The summed E-state index contributed by atoms with van der Waals surface area (Å²) < 4.78 is 13.0. The number of hydrogen-bond acceptors (Lipinski definition) is 4. The molecule has 1 aliphatic rings. The summed E-state index contributed by atoms with van der Waals surface area (Å²) in [6, 6.07) is 37.9. The SMILES string of the molecule is CC1(C)OB(c2cc(-c3ccccc3)cc(N(c3ccccn3)c3cccc4ccccc34)c2)OC1(C)C. The first kappa shape index (κ1) is 24.4. The Hall–Kier alpha value is -3.93. The van der Waals surface area contributed by atoms with E-state index in [4.69, 9.17) is 14.3 Å². The zero-order chi connectivity index (χ0) is 26.3. The molecule has 1 saturated heterocycles. The summed E-state index contributed by atoms with van der Waals surface area (Å²) in [7, 11) is -0.486. The highest BCUT2D eigenvalue weighted by Gasteiger charge is 2.51. The van der Waals surface area contributed by atoms with Gasteiger partial charge in [-0.25, -0.2) is 4.98 Å². The monoisotopic (exact) mass is 498 g/mol. The van der Waals surface area contributed by atoms with Crippen LogP contribution in [0.5, 0.6) is 0 Å². The zero-order valence-electron chi connectivity index (χ0n) is 22.3. The minimum absolute atomic E-state index is 0.434. The third kappa shape index (κ3) is 4.38. The fourth-order valence-corrected chi connectivity index (χ4v) is 4.96. The molecule has 5 aromatic rings. The second kappa shape index (κ2) is 9.43. The Morgan fingerprint density at radius 1 is 0.658 bits per heavy atom. The number of fused-ring (bicyclic) bond motifs is 1. The van der Waals surface area contributed by atoms with Crippen molar-refractivity contribution >= 4 is 40.5 Å². The average molecular weight is 498 g/mol. The molecule has 1 aliphatic heterocycles. The molecule has 0 spiro atoms. The van der Waals surface area contributed by atoms with Crippen molar-refractivity contribution in [2.45, 2.75) is 38.9 Å². The third-order valence-corrected chi connectivity index (χ3v) is 7.72. The lowest BCUT2D eigenvalue weighted by molar-refractivity contribution is 0.00578. The van der Waals surface area contributed by atoms with Crippen LogP contribution in [0.15, 0.2) is 115 Å². The van der Waals surface area contributed by atoms with Gasteiger partial charge in [0, 0.05) is 17.3 Å². The molecule has 1 aromatic heterocycles. The van der Waals surface area contributed by atoms with Crippen molar-refractivity contribution < 1.29 is 9.31 Å². The standard InChI is InChI=1S/C33H31BN2O2/c1-32(2)33(3,4)38-34(37-32)27-21-26(24-13-6-5-7-14-24)22-28(23-27)36(31-19-10-11-20-35-31)30-18-12-16-25-15-8-9-17-29(25)30/h5-23H,1-4H3. The van der Waals surface area contributed by atoms with Crippen molar-refractivity contribution in [2.24, 2.45) is 0 Å². The number of nitrogens with zero attached hydrogens (tertiary/aromatic N) is 2. The first-order chi connectivity index (χ1) is 18.3. The summed E-state index contributed by atoms with van der Waals surface area (Å²) in [5.74, 6) is 0.842. The van der Waals surface area contributed by atoms with Crippen LogP contribution in [0.25, 0.3) is 21.9 Å². The first-order valence-electron chi connectivity index (χ1n) is 13.1. The largest absolute Gasteiger partial charge is 0.494 e. The van der Waals surface area contributed by atoms with Gasteiger partial charge in [0.2, 0.25) is 0 Å². The molecule has 5 heteroatoms. The fourth-order valence-electron chi connectivity index (χ4n) is 4.96. The van der Waals surface area contributed by atoms with E-state index in [-0.39, 0.29) is 0 Å². The Balaban J connectivity index is 1.59. The Bertz CT molecular complexity index is 1560. The molecule has 0 unspecified atom stereocenters. The normalized spacial score (nSPS) is 16.1. The molecule has 6 rings (SSSR count). The van der Waals surface area contributed by atoms with E-state index >= 15 is 0 Å². The van der Waals surface area contributed by atoms with Crippen molar-refractivity contribution in [3.63, 3.8) is 0 Å². The number of rotatable bonds is 5. The smallest absolute Gasteiger partial charge is 0.399 e. The fraction of sp³-hybridized carbons (Fsp3) is 0.182. The molecule has 0 saturated carbocycles. The van der Waals surface area contributed by atoms with E-state index in [0.29, 0.717) is 0 Å². The van der Waals surface area contributed by atoms with E-state index in [9.17, 15) is 0 Å². The molecule has 4 nitrogen and oxygen atoms in total. The quantitative estimate of drug-likeness (QED) is 0.233. The number of pyridine rings is 1. The number of benzene rings is 4. The Kier molecular flexibility index (Phi) is 6.06. The van der Waals surface area contributed by atoms with Crippen LogP contribution in [0.2, 0.25) is 0 Å². The highest BCUT2D eigenvalue weighted by Crippen LogP contribution is 2.40. The van der Waals surface area contributed by atoms with Crippen LogP contribution in [0, 0.1) is 0 Å². The minimum atomic E-state index is -0.486. The van der Waals surface area contributed by atoms with Crippen molar-refractivity contribution in [3.8, 4) is 11.1 Å². The zero-order valence-corrected chi connectivity index (χ0v) is 22.3. The van der Waals surface area contributed by atoms with Crippen molar-refractivity contribution in [3.05, 3.63) is 115 Å². The molecule has 0 atom stereocenters. The lowest BCUT2D eigenvalue weighted by Gasteiger charge is -2.32. The number of anilines is 3. The van der Waals surface area contributed by atoms with E-state index < -0.39 is 18.3 Å². The summed E-state index contributed by atoms with van der Waals surface area (Å²) in [6.07, 6.45) is 1.84. The van der Waals surface area contributed by atoms with Gasteiger partial charge in [0.25, 0.3) is 0 Å². The Labute approximate surface area is 225 Å². The second-order valence-corrected chi connectivity index (χ2v) is 10.8. The maximum absolute atomic E-state index is 6.50. The predicted octanol–water partition coefficient (Wildman–Crippen LogP) is 7.67. The van der Waals surface area contributed by atoms with Crippen LogP contribution in [0.4, 0.5) is 17.2 Å². The number of aromatic nitrogens is 1. The van der Waals surface area contributed by atoms with Gasteiger partial charge in [0.15, 0.2) is 0 Å². The van der Waals surface area contributed by atoms with Crippen LogP contribution in [0.3, 0.4) is 0 Å². The number of hydrogen-bond donors (Lipinski definition) is 0. The Morgan fingerprint density at radius 3 is 2.08 bits per heavy atom. The summed E-state index contributed by atoms with van der Waals surface area (Å²) >= 11 is 0. The topological polar surface area (TPSA) is 34.6 Å². The average Bonchev–Trinajstić information content (AvgIpc) is 3.16. The highest BCUT2D eigenvalue weighted by atomic mass is 16.7. The van der Waals surface area contributed by atoms with Gasteiger partial charge in [0.05, 0.1) is 16.9 Å². The van der Waals surface area contributed by atoms with Crippen LogP contribution in [0.1, 0.15) is 27.7 Å². The van der Waals surface area contributed by atoms with Crippen LogP contribution in [-0.4, -0.2) is 23.3 Å². The molecule has 38 heavy (non-hydrogen) atoms. The van der Waals surface area contributed by atoms with E-state index in [1.807, 2.05) is 30.5 Å². The minimum Gasteiger partial charge on any atom is -0.399 e. The molecule has 4 aromatic carbocycles. The molecule has 0 bridgehead atoms. The van der Waals surface area contributed by atoms with Crippen LogP contribution >= 0.6 is 0 Å². The summed E-state index contributed by atoms with van der Waals surface area (Å²) in [4.78, 5) is 7.00. The second-order valence-electron chi connectivity index (χ2n) is 10.8. The van der Waals surface area contributed by atoms with Crippen LogP contribution in [-0.2, 0) is 9.31 Å². The van der Waals surface area contributed by atoms with Crippen molar-refractivity contribution in [2.75, 3.05) is 4.90 Å². The van der Waals surface area contributed by atoms with Crippen LogP contribution < -0.4 is 10.4 Å². The van der Waals surface area contributed by atoms with Gasteiger partial charge in [0.1, 0.15) is 5.82 Å². The van der Waals surface area contributed by atoms with Gasteiger partial charge >= 0.3 is 7.12 Å². The lowest BCUT2D eigenvalue weighted by atomic mass is 9.77. The molecule has 2 heterocycles. The lowest BCUT2D eigenvalue weighted by Crippen LogP contribution is -2.41.